The highest BCUT2D eigenvalue weighted by molar-refractivity contribution is 5.05. The molecule has 0 aliphatic heterocycles. The molecule has 0 radical (unpaired) electrons. The van der Waals surface area contributed by atoms with Gasteiger partial charge in [-0.05, 0) is 43.8 Å². The van der Waals surface area contributed by atoms with Crippen LogP contribution in [0.3, 0.4) is 0 Å². The van der Waals surface area contributed by atoms with E-state index >= 15 is 0 Å². The molecule has 1 fully saturated rings. The molecule has 2 rings (SSSR count). The van der Waals surface area contributed by atoms with Crippen molar-refractivity contribution in [2.24, 2.45) is 17.1 Å². The van der Waals surface area contributed by atoms with Crippen molar-refractivity contribution in [1.82, 2.24) is 4.90 Å². The van der Waals surface area contributed by atoms with E-state index in [1.807, 2.05) is 12.3 Å². The van der Waals surface area contributed by atoms with E-state index in [0.29, 0.717) is 5.41 Å². The highest BCUT2D eigenvalue weighted by Crippen LogP contribution is 2.39. The van der Waals surface area contributed by atoms with E-state index < -0.39 is 0 Å². The van der Waals surface area contributed by atoms with Crippen molar-refractivity contribution in [2.75, 3.05) is 20.1 Å². The van der Waals surface area contributed by atoms with Gasteiger partial charge < -0.3 is 15.1 Å². The van der Waals surface area contributed by atoms with Crippen LogP contribution in [0.2, 0.25) is 0 Å². The summed E-state index contributed by atoms with van der Waals surface area (Å²) in [6.45, 7) is 5.22. The summed E-state index contributed by atoms with van der Waals surface area (Å²) in [6.07, 6.45) is 8.83. The van der Waals surface area contributed by atoms with Crippen LogP contribution in [0.5, 0.6) is 0 Å². The molecule has 0 bridgehead atoms. The third-order valence-electron chi connectivity index (χ3n) is 4.26. The van der Waals surface area contributed by atoms with Crippen LogP contribution >= 0.6 is 0 Å². The minimum atomic E-state index is 0.330. The molecule has 1 aliphatic rings. The Kier molecular flexibility index (Phi) is 4.46. The molecule has 3 heteroatoms. The highest BCUT2D eigenvalue weighted by atomic mass is 16.3. The molecular formula is C15H26N2O. The third-order valence-corrected chi connectivity index (χ3v) is 4.26. The molecular weight excluding hydrogens is 224 g/mol. The lowest BCUT2D eigenvalue weighted by Gasteiger charge is -2.41. The summed E-state index contributed by atoms with van der Waals surface area (Å²) in [6, 6.07) is 2.04. The van der Waals surface area contributed by atoms with Gasteiger partial charge in [-0.15, -0.1) is 0 Å². The molecule has 1 aromatic rings. The number of furan rings is 1. The quantitative estimate of drug-likeness (QED) is 0.873. The number of nitrogens with zero attached hydrogens (tertiary/aromatic N) is 1. The molecule has 1 saturated carbocycles. The Morgan fingerprint density at radius 2 is 2.39 bits per heavy atom. The van der Waals surface area contributed by atoms with Crippen molar-refractivity contribution in [3.63, 3.8) is 0 Å². The Hall–Kier alpha value is -0.800. The zero-order valence-electron chi connectivity index (χ0n) is 11.7. The predicted molar refractivity (Wildman–Crippen MR) is 74.2 cm³/mol. The maximum Gasteiger partial charge on any atom is 0.0947 e. The molecule has 3 nitrogen and oxygen atoms in total. The molecule has 0 saturated heterocycles. The third kappa shape index (κ3) is 3.36. The summed E-state index contributed by atoms with van der Waals surface area (Å²) >= 11 is 0. The predicted octanol–water partition coefficient (Wildman–Crippen LogP) is 2.87. The Labute approximate surface area is 110 Å². The topological polar surface area (TPSA) is 42.4 Å². The summed E-state index contributed by atoms with van der Waals surface area (Å²) in [5.41, 5.74) is 7.65. The van der Waals surface area contributed by atoms with E-state index in [9.17, 15) is 0 Å². The highest BCUT2D eigenvalue weighted by Gasteiger charge is 2.34. The van der Waals surface area contributed by atoms with E-state index in [0.717, 1.165) is 25.6 Å². The summed E-state index contributed by atoms with van der Waals surface area (Å²) < 4.78 is 5.12. The van der Waals surface area contributed by atoms with Gasteiger partial charge in [0.2, 0.25) is 0 Å². The van der Waals surface area contributed by atoms with Gasteiger partial charge in [0.25, 0.3) is 0 Å². The smallest absolute Gasteiger partial charge is 0.0947 e. The molecule has 102 valence electrons. The second-order valence-electron chi connectivity index (χ2n) is 6.21. The van der Waals surface area contributed by atoms with Gasteiger partial charge in [-0.1, -0.05) is 19.8 Å². The van der Waals surface area contributed by atoms with Crippen LogP contribution in [0.4, 0.5) is 0 Å². The molecule has 1 heterocycles. The zero-order chi connectivity index (χ0) is 13.0. The van der Waals surface area contributed by atoms with Crippen LogP contribution < -0.4 is 5.73 Å². The van der Waals surface area contributed by atoms with Crippen molar-refractivity contribution >= 4 is 0 Å². The minimum absolute atomic E-state index is 0.330. The van der Waals surface area contributed by atoms with Gasteiger partial charge in [-0.2, -0.15) is 0 Å². The van der Waals surface area contributed by atoms with Gasteiger partial charge in [0, 0.05) is 18.7 Å². The fourth-order valence-electron chi connectivity index (χ4n) is 3.49. The summed E-state index contributed by atoms with van der Waals surface area (Å²) in [5, 5.41) is 0. The van der Waals surface area contributed by atoms with Crippen molar-refractivity contribution in [3.05, 3.63) is 24.2 Å². The van der Waals surface area contributed by atoms with Gasteiger partial charge in [0.05, 0.1) is 12.5 Å². The number of hydrogen-bond donors (Lipinski definition) is 1. The Morgan fingerprint density at radius 1 is 1.56 bits per heavy atom. The fraction of sp³-hybridized carbons (Fsp3) is 0.733. The summed E-state index contributed by atoms with van der Waals surface area (Å²) in [7, 11) is 2.18. The summed E-state index contributed by atoms with van der Waals surface area (Å²) in [4.78, 5) is 2.38. The van der Waals surface area contributed by atoms with E-state index in [1.165, 1.54) is 31.2 Å². The van der Waals surface area contributed by atoms with Crippen LogP contribution in [-0.4, -0.2) is 25.0 Å². The SMILES string of the molecule is CC1CCCC(CN)(CN(C)Cc2ccoc2)C1. The zero-order valence-corrected chi connectivity index (χ0v) is 11.7. The second kappa shape index (κ2) is 5.89. The first-order valence-corrected chi connectivity index (χ1v) is 7.03. The molecule has 2 atom stereocenters. The largest absolute Gasteiger partial charge is 0.472 e. The van der Waals surface area contributed by atoms with E-state index in [4.69, 9.17) is 10.2 Å². The number of hydrogen-bond acceptors (Lipinski definition) is 3. The van der Waals surface area contributed by atoms with Crippen LogP contribution in [0.15, 0.2) is 23.0 Å². The van der Waals surface area contributed by atoms with Crippen molar-refractivity contribution in [1.29, 1.82) is 0 Å². The Balaban J connectivity index is 1.92. The first-order chi connectivity index (χ1) is 8.63. The average molecular weight is 250 g/mol. The molecule has 0 amide bonds. The first-order valence-electron chi connectivity index (χ1n) is 7.03. The van der Waals surface area contributed by atoms with Crippen molar-refractivity contribution in [2.45, 2.75) is 39.2 Å². The van der Waals surface area contributed by atoms with Crippen LogP contribution in [-0.2, 0) is 6.54 Å². The maximum absolute atomic E-state index is 6.08. The molecule has 0 aromatic carbocycles. The maximum atomic E-state index is 6.08. The van der Waals surface area contributed by atoms with Gasteiger partial charge in [-0.3, -0.25) is 0 Å². The van der Waals surface area contributed by atoms with Gasteiger partial charge >= 0.3 is 0 Å². The van der Waals surface area contributed by atoms with Crippen molar-refractivity contribution < 1.29 is 4.42 Å². The molecule has 18 heavy (non-hydrogen) atoms. The number of rotatable bonds is 5. The van der Waals surface area contributed by atoms with E-state index in [-0.39, 0.29) is 0 Å². The van der Waals surface area contributed by atoms with Crippen LogP contribution in [0.1, 0.15) is 38.2 Å². The lowest BCUT2D eigenvalue weighted by atomic mass is 9.70. The minimum Gasteiger partial charge on any atom is -0.472 e. The fourth-order valence-corrected chi connectivity index (χ4v) is 3.49. The van der Waals surface area contributed by atoms with E-state index in [2.05, 4.69) is 18.9 Å². The standard InChI is InChI=1S/C15H26N2O/c1-13-4-3-6-15(8-13,11-16)12-17(2)9-14-5-7-18-10-14/h5,7,10,13H,3-4,6,8-9,11-12,16H2,1-2H3. The van der Waals surface area contributed by atoms with Gasteiger partial charge in [-0.25, -0.2) is 0 Å². The summed E-state index contributed by atoms with van der Waals surface area (Å²) in [5.74, 6) is 0.824. The molecule has 2 N–H and O–H groups in total. The van der Waals surface area contributed by atoms with E-state index in [1.54, 1.807) is 6.26 Å². The van der Waals surface area contributed by atoms with Crippen LogP contribution in [0.25, 0.3) is 0 Å². The molecule has 1 aromatic heterocycles. The normalized spacial score (nSPS) is 28.8. The second-order valence-corrected chi connectivity index (χ2v) is 6.21. The number of nitrogens with two attached hydrogens (primary N) is 1. The lowest BCUT2D eigenvalue weighted by Crippen LogP contribution is -2.44. The molecule has 1 aliphatic carbocycles. The van der Waals surface area contributed by atoms with Gasteiger partial charge in [0.15, 0.2) is 0 Å². The van der Waals surface area contributed by atoms with Crippen molar-refractivity contribution in [3.8, 4) is 0 Å². The Bertz CT molecular complexity index is 349. The van der Waals surface area contributed by atoms with Crippen LogP contribution in [0, 0.1) is 11.3 Å². The average Bonchev–Trinajstić information content (AvgIpc) is 2.81. The first kappa shape index (κ1) is 13.6. The molecule has 0 spiro atoms. The lowest BCUT2D eigenvalue weighted by molar-refractivity contribution is 0.0980. The Morgan fingerprint density at radius 3 is 3.00 bits per heavy atom. The van der Waals surface area contributed by atoms with Gasteiger partial charge in [0.1, 0.15) is 0 Å². The monoisotopic (exact) mass is 250 g/mol. The molecule has 2 unspecified atom stereocenters.